The van der Waals surface area contributed by atoms with E-state index in [0.29, 0.717) is 21.0 Å². The largest absolute Gasteiger partial charge is 0.330 e. The van der Waals surface area contributed by atoms with E-state index in [9.17, 15) is 38.4 Å². The molecule has 0 heterocycles. The normalized spacial score (nSPS) is 13.3. The van der Waals surface area contributed by atoms with Crippen LogP contribution in [-0.4, -0.2) is 333 Å². The van der Waals surface area contributed by atoms with Crippen LogP contribution in [-0.2, 0) is 19.2 Å². The van der Waals surface area contributed by atoms with Gasteiger partial charge in [-0.2, -0.15) is 0 Å². The van der Waals surface area contributed by atoms with Crippen molar-refractivity contribution in [2.75, 3.05) is 235 Å². The van der Waals surface area contributed by atoms with Crippen LogP contribution in [0, 0.1) is 0 Å². The van der Waals surface area contributed by atoms with Gasteiger partial charge < -0.3 is 35.9 Å². The standard InChI is InChI=1S/C18H30NOS.C17H28NOS.C15H24NOS.C14H30NOS.C13H28NOS.C12H18NOS.C11H24NOS.C8H18NOS/c1-4-7-14-19(6-3,13-5-2)15-16-21-18(20)17-11-9-8-10-12-17;1-4-12-18(6-3,13-5-2)14-15-20-17(19)16-10-8-7-9-11-16;1-4-16(5-2,6-3)12-13-18-15(17)14-10-8-7-9-11-14;1-6-9-11-15(8-3,10-7-2)12-13(4)17-14(5)16;1-6-9-14(8-3,10-7-2)11-12(4)16-13(5)15;1-13(2,3)9-10-15-12(14)11-7-5-4-6-8-11;1-6-12(7-2,8-3)9-10(4)14-11(5)13;1-7(11-8(2)10)6-9(3,4)5/h8-12H,4-7,13-16H2,1-3H3;7-11H,4-6,12-15H2,1-3H3;7-11H,4-6,12-13H2,1-3H3;13H,6-12H2,1-5H3;12H,6-11H2,1-5H3;4-8H,9-10H2,1-3H3;10H,6-9H2,1-5H3;7H,6H2,1-5H3/q8*+1. The second-order valence-corrected chi connectivity index (χ2v) is 48.3. The maximum Gasteiger partial charge on any atom is 0.219 e. The average Bonchev–Trinajstić information content (AvgIpc) is 0.866. The molecule has 0 saturated carbocycles. The third-order valence-corrected chi connectivity index (χ3v) is 31.6. The highest BCUT2D eigenvalue weighted by molar-refractivity contribution is 8.15. The molecule has 4 aromatic rings. The van der Waals surface area contributed by atoms with Crippen LogP contribution < -0.4 is 0 Å². The molecule has 0 N–H and O–H groups in total. The van der Waals surface area contributed by atoms with Gasteiger partial charge >= 0.3 is 0 Å². The minimum Gasteiger partial charge on any atom is -0.330 e. The highest BCUT2D eigenvalue weighted by Gasteiger charge is 2.32. The van der Waals surface area contributed by atoms with Crippen molar-refractivity contribution >= 4 is 135 Å². The SMILES string of the molecule is CC(=O)SC(C)C[N+](C)(C)C.CCCC[N+](CC)(CCC)CC(C)SC(C)=O.CCCC[N+](CC)(CCC)CCSC(=O)c1ccccc1.CCC[N+](CC)(CCC)CC(C)SC(C)=O.CCC[N+](CC)(CCC)CCSC(=O)c1ccccc1.CC[N+](CC)(CC)CC(C)SC(C)=O.CC[N+](CC)(CC)CCSC(=O)c1ccccc1.C[N+](C)(C)CCSC(=O)c1ccccc1. The van der Waals surface area contributed by atoms with Crippen molar-refractivity contribution in [2.24, 2.45) is 0 Å². The van der Waals surface area contributed by atoms with Crippen LogP contribution >= 0.6 is 94.1 Å². The van der Waals surface area contributed by atoms with Gasteiger partial charge in [-0.3, -0.25) is 38.4 Å². The van der Waals surface area contributed by atoms with Crippen LogP contribution in [0.15, 0.2) is 121 Å². The van der Waals surface area contributed by atoms with Crippen molar-refractivity contribution in [1.82, 2.24) is 0 Å². The molecule has 6 unspecified atom stereocenters. The molecule has 0 aliphatic carbocycles. The summed E-state index contributed by atoms with van der Waals surface area (Å²) in [6, 6.07) is 38.2. The molecule has 24 heteroatoms. The van der Waals surface area contributed by atoms with Crippen LogP contribution in [0.4, 0.5) is 0 Å². The molecule has 0 fully saturated rings. The molecule has 0 spiro atoms. The van der Waals surface area contributed by atoms with Crippen molar-refractivity contribution in [3.05, 3.63) is 144 Å². The zero-order valence-electron chi connectivity index (χ0n) is 90.3. The number of carbonyl (C=O) groups is 8. The summed E-state index contributed by atoms with van der Waals surface area (Å²) in [6.45, 7) is 86.1. The van der Waals surface area contributed by atoms with E-state index in [2.05, 4.69) is 195 Å². The monoisotopic (exact) mass is 1990 g/mol. The molecule has 4 aromatic carbocycles. The summed E-state index contributed by atoms with van der Waals surface area (Å²) in [7, 11) is 12.8. The molecule has 0 radical (unpaired) electrons. The van der Waals surface area contributed by atoms with E-state index < -0.39 is 0 Å². The van der Waals surface area contributed by atoms with Gasteiger partial charge in [0.2, 0.25) is 20.5 Å². The van der Waals surface area contributed by atoms with Crippen LogP contribution in [0.1, 0.15) is 286 Å². The third kappa shape index (κ3) is 67.1. The van der Waals surface area contributed by atoms with Gasteiger partial charge in [0.25, 0.3) is 0 Å². The Morgan fingerprint density at radius 1 is 0.227 bits per heavy atom. The molecule has 16 nitrogen and oxygen atoms in total. The van der Waals surface area contributed by atoms with Crippen LogP contribution in [0.25, 0.3) is 0 Å². The minimum atomic E-state index is 0.170. The molecule has 4 rings (SSSR count). The van der Waals surface area contributed by atoms with E-state index in [4.69, 9.17) is 0 Å². The maximum absolute atomic E-state index is 12.1. The number of unbranched alkanes of at least 4 members (excludes halogenated alkanes) is 2. The van der Waals surface area contributed by atoms with Crippen molar-refractivity contribution in [2.45, 2.75) is 265 Å². The van der Waals surface area contributed by atoms with Crippen molar-refractivity contribution in [1.29, 1.82) is 0 Å². The summed E-state index contributed by atoms with van der Waals surface area (Å²) in [5, 5.41) is 3.45. The number of hydrogen-bond acceptors (Lipinski definition) is 16. The van der Waals surface area contributed by atoms with Crippen molar-refractivity contribution < 1.29 is 74.2 Å². The Morgan fingerprint density at radius 3 is 0.636 bits per heavy atom. The summed E-state index contributed by atoms with van der Waals surface area (Å²) in [6.07, 6.45) is 12.4. The Morgan fingerprint density at radius 2 is 0.424 bits per heavy atom. The predicted molar refractivity (Wildman–Crippen MR) is 596 cm³/mol. The van der Waals surface area contributed by atoms with E-state index in [0.717, 1.165) is 159 Å². The quantitative estimate of drug-likeness (QED) is 0.0387. The van der Waals surface area contributed by atoms with E-state index in [1.165, 1.54) is 250 Å². The van der Waals surface area contributed by atoms with E-state index in [1.54, 1.807) is 27.7 Å². The summed E-state index contributed by atoms with van der Waals surface area (Å²) in [5.74, 6) is 3.62. The predicted octanol–water partition coefficient (Wildman–Crippen LogP) is 25.4. The van der Waals surface area contributed by atoms with Gasteiger partial charge in [0.15, 0.2) is 20.5 Å². The van der Waals surface area contributed by atoms with Gasteiger partial charge in [-0.15, -0.1) is 0 Å². The van der Waals surface area contributed by atoms with E-state index >= 15 is 0 Å². The first-order valence-electron chi connectivity index (χ1n) is 50.6. The Balaban J connectivity index is -0.000000714. The second-order valence-electron chi connectivity index (χ2n) is 37.6. The van der Waals surface area contributed by atoms with Crippen molar-refractivity contribution in [3.63, 3.8) is 0 Å². The molecule has 132 heavy (non-hydrogen) atoms. The van der Waals surface area contributed by atoms with Gasteiger partial charge in [0.1, 0.15) is 0 Å². The Bertz CT molecular complexity index is 3550. The van der Waals surface area contributed by atoms with Gasteiger partial charge in [-0.1, -0.05) is 284 Å². The molecule has 760 valence electrons. The van der Waals surface area contributed by atoms with Crippen LogP contribution in [0.5, 0.6) is 0 Å². The topological polar surface area (TPSA) is 137 Å². The Kier molecular flexibility index (Phi) is 81.2. The Labute approximate surface area is 846 Å². The number of hydrogen-bond donors (Lipinski definition) is 0. The number of rotatable bonds is 56. The number of nitrogens with zero attached hydrogens (tertiary/aromatic N) is 8. The number of benzene rings is 4. The fraction of sp³-hybridized carbons (Fsp3) is 0.704. The molecule has 0 aliphatic rings. The summed E-state index contributed by atoms with van der Waals surface area (Å²) >= 11 is 11.7. The lowest BCUT2D eigenvalue weighted by Gasteiger charge is -2.39. The highest BCUT2D eigenvalue weighted by atomic mass is 32.2. The molecule has 6 atom stereocenters. The smallest absolute Gasteiger partial charge is 0.219 e. The second kappa shape index (κ2) is 79.4. The third-order valence-electron chi connectivity index (χ3n) is 24.5. The van der Waals surface area contributed by atoms with E-state index in [1.807, 2.05) is 121 Å². The zero-order chi connectivity index (χ0) is 101. The molecule has 0 bridgehead atoms. The van der Waals surface area contributed by atoms with Gasteiger partial charge in [-0.05, 0) is 148 Å². The first-order chi connectivity index (χ1) is 62.3. The number of carbonyl (C=O) groups excluding carboxylic acids is 8. The first-order valence-corrected chi connectivity index (χ1v) is 58.0. The number of quaternary nitrogens is 8. The lowest BCUT2D eigenvalue weighted by Crippen LogP contribution is -2.52. The first kappa shape index (κ1) is 135. The van der Waals surface area contributed by atoms with Crippen molar-refractivity contribution in [3.8, 4) is 0 Å². The van der Waals surface area contributed by atoms with Gasteiger partial charge in [-0.25, -0.2) is 0 Å². The molecule has 0 aliphatic heterocycles. The summed E-state index contributed by atoms with van der Waals surface area (Å²) < 4.78 is 8.73. The van der Waals surface area contributed by atoms with Gasteiger partial charge in [0, 0.05) is 49.9 Å². The summed E-state index contributed by atoms with van der Waals surface area (Å²) in [4.78, 5) is 91.8. The molecule has 0 amide bonds. The lowest BCUT2D eigenvalue weighted by molar-refractivity contribution is -0.926. The van der Waals surface area contributed by atoms with Crippen LogP contribution in [0.2, 0.25) is 0 Å². The number of thioether (sulfide) groups is 8. The molecular weight excluding hydrogens is 1790 g/mol. The Hall–Kier alpha value is -3.28. The van der Waals surface area contributed by atoms with E-state index in [-0.39, 0.29) is 40.9 Å². The zero-order valence-corrected chi connectivity index (χ0v) is 96.8. The highest BCUT2D eigenvalue weighted by Crippen LogP contribution is 2.26. The minimum absolute atomic E-state index is 0.170. The summed E-state index contributed by atoms with van der Waals surface area (Å²) in [5.41, 5.74) is 3.24. The van der Waals surface area contributed by atoms with Gasteiger partial charge in [0.05, 0.1) is 256 Å². The van der Waals surface area contributed by atoms with Crippen LogP contribution in [0.3, 0.4) is 0 Å². The molecule has 0 saturated heterocycles. The fourth-order valence-corrected chi connectivity index (χ4v) is 24.9. The fourth-order valence-electron chi connectivity index (χ4n) is 16.9. The average molecular weight is 2000 g/mol. The molecule has 0 aromatic heterocycles. The maximum atomic E-state index is 12.1. The molecular formula is C108H200N8O8S8+8. The lowest BCUT2D eigenvalue weighted by atomic mass is 10.2.